The van der Waals surface area contributed by atoms with Crippen molar-refractivity contribution in [3.8, 4) is 0 Å². The van der Waals surface area contributed by atoms with Crippen LogP contribution in [0.15, 0.2) is 65.7 Å². The second-order valence-corrected chi connectivity index (χ2v) is 7.60. The number of halogens is 1. The summed E-state index contributed by atoms with van der Waals surface area (Å²) < 4.78 is 24.9. The molecule has 1 amide bonds. The Morgan fingerprint density at radius 1 is 1.04 bits per heavy atom. The Bertz CT molecular complexity index is 1000. The number of amides is 1. The van der Waals surface area contributed by atoms with Crippen LogP contribution in [0.4, 0.5) is 5.82 Å². The zero-order valence-corrected chi connectivity index (χ0v) is 14.0. The second-order valence-electron chi connectivity index (χ2n) is 5.18. The third kappa shape index (κ3) is 3.72. The largest absolute Gasteiger partial charge is 0.310 e. The van der Waals surface area contributed by atoms with Crippen molar-refractivity contribution in [3.05, 3.63) is 65.8 Å². The lowest BCUT2D eigenvalue weighted by Crippen LogP contribution is -2.23. The zero-order chi connectivity index (χ0) is 17.2. The van der Waals surface area contributed by atoms with E-state index in [-0.39, 0.29) is 10.7 Å². The van der Waals surface area contributed by atoms with E-state index in [0.29, 0.717) is 5.02 Å². The molecule has 0 spiro atoms. The van der Waals surface area contributed by atoms with Crippen molar-refractivity contribution >= 4 is 43.9 Å². The second kappa shape index (κ2) is 6.59. The summed E-state index contributed by atoms with van der Waals surface area (Å²) in [5.41, 5.74) is 0. The SMILES string of the molecule is O=C(CS(=O)(=O)c1ccc2ccccc2c1)Nc1ccc(Cl)cn1. The van der Waals surface area contributed by atoms with Gasteiger partial charge in [0.1, 0.15) is 11.6 Å². The molecule has 0 aliphatic rings. The fourth-order valence-corrected chi connectivity index (χ4v) is 3.52. The highest BCUT2D eigenvalue weighted by atomic mass is 35.5. The summed E-state index contributed by atoms with van der Waals surface area (Å²) in [7, 11) is -3.75. The maximum absolute atomic E-state index is 12.4. The molecule has 0 radical (unpaired) electrons. The van der Waals surface area contributed by atoms with Gasteiger partial charge in [-0.25, -0.2) is 13.4 Å². The standard InChI is InChI=1S/C17H13ClN2O3S/c18-14-6-8-16(19-10-14)20-17(21)11-24(22,23)15-7-5-12-3-1-2-4-13(12)9-15/h1-10H,11H2,(H,19,20,21). The number of rotatable bonds is 4. The number of fused-ring (bicyclic) bond motifs is 1. The summed E-state index contributed by atoms with van der Waals surface area (Å²) in [6.07, 6.45) is 1.37. The topological polar surface area (TPSA) is 76.1 Å². The third-order valence-corrected chi connectivity index (χ3v) is 5.23. The molecule has 0 unspecified atom stereocenters. The van der Waals surface area contributed by atoms with E-state index in [4.69, 9.17) is 11.6 Å². The smallest absolute Gasteiger partial charge is 0.241 e. The average molecular weight is 361 g/mol. The predicted octanol–water partition coefficient (Wildman–Crippen LogP) is 3.30. The number of carbonyl (C=O) groups excluding carboxylic acids is 1. The van der Waals surface area contributed by atoms with Gasteiger partial charge in [-0.1, -0.05) is 41.9 Å². The third-order valence-electron chi connectivity index (χ3n) is 3.40. The van der Waals surface area contributed by atoms with Crippen LogP contribution in [0.25, 0.3) is 10.8 Å². The van der Waals surface area contributed by atoms with Crippen LogP contribution in [0, 0.1) is 0 Å². The minimum absolute atomic E-state index is 0.111. The molecule has 1 aromatic heterocycles. The Hall–Kier alpha value is -2.44. The molecule has 122 valence electrons. The zero-order valence-electron chi connectivity index (χ0n) is 12.4. The highest BCUT2D eigenvalue weighted by Crippen LogP contribution is 2.20. The van der Waals surface area contributed by atoms with Gasteiger partial charge in [0, 0.05) is 6.20 Å². The molecule has 0 saturated heterocycles. The molecule has 0 fully saturated rings. The van der Waals surface area contributed by atoms with Gasteiger partial charge in [-0.15, -0.1) is 0 Å². The summed E-state index contributed by atoms with van der Waals surface area (Å²) in [5.74, 6) is -1.06. The van der Waals surface area contributed by atoms with Crippen molar-refractivity contribution in [2.45, 2.75) is 4.90 Å². The van der Waals surface area contributed by atoms with Gasteiger partial charge >= 0.3 is 0 Å². The summed E-state index contributed by atoms with van der Waals surface area (Å²) >= 11 is 5.71. The van der Waals surface area contributed by atoms with Gasteiger partial charge in [-0.3, -0.25) is 4.79 Å². The molecule has 1 heterocycles. The molecule has 2 aromatic carbocycles. The molecule has 3 rings (SSSR count). The van der Waals surface area contributed by atoms with Crippen LogP contribution in [0.3, 0.4) is 0 Å². The van der Waals surface area contributed by atoms with Gasteiger partial charge in [0.2, 0.25) is 5.91 Å². The van der Waals surface area contributed by atoms with E-state index in [9.17, 15) is 13.2 Å². The van der Waals surface area contributed by atoms with Gasteiger partial charge in [0.15, 0.2) is 9.84 Å². The van der Waals surface area contributed by atoms with Gasteiger partial charge < -0.3 is 5.32 Å². The van der Waals surface area contributed by atoms with Gasteiger partial charge in [0.05, 0.1) is 9.92 Å². The number of anilines is 1. The molecule has 7 heteroatoms. The molecule has 0 bridgehead atoms. The summed E-state index contributed by atoms with van der Waals surface area (Å²) in [4.78, 5) is 16.0. The maximum atomic E-state index is 12.4. The molecule has 1 N–H and O–H groups in total. The number of hydrogen-bond acceptors (Lipinski definition) is 4. The van der Waals surface area contributed by atoms with E-state index in [1.807, 2.05) is 24.3 Å². The quantitative estimate of drug-likeness (QED) is 0.774. The Morgan fingerprint density at radius 3 is 2.50 bits per heavy atom. The first-order valence-electron chi connectivity index (χ1n) is 7.07. The molecule has 5 nitrogen and oxygen atoms in total. The molecule has 0 saturated carbocycles. The Labute approximate surface area is 144 Å². The lowest BCUT2D eigenvalue weighted by Gasteiger charge is -2.07. The fourth-order valence-electron chi connectivity index (χ4n) is 2.25. The number of hydrogen-bond donors (Lipinski definition) is 1. The van der Waals surface area contributed by atoms with Crippen LogP contribution in [0.1, 0.15) is 0 Å². The normalized spacial score (nSPS) is 11.4. The van der Waals surface area contributed by atoms with E-state index in [1.165, 1.54) is 18.3 Å². The Kier molecular flexibility index (Phi) is 4.51. The first kappa shape index (κ1) is 16.4. The van der Waals surface area contributed by atoms with E-state index in [1.54, 1.807) is 18.2 Å². The van der Waals surface area contributed by atoms with Crippen LogP contribution < -0.4 is 5.32 Å². The van der Waals surface area contributed by atoms with Crippen molar-refractivity contribution in [3.63, 3.8) is 0 Å². The highest BCUT2D eigenvalue weighted by Gasteiger charge is 2.20. The number of benzene rings is 2. The van der Waals surface area contributed by atoms with Crippen molar-refractivity contribution in [1.29, 1.82) is 0 Å². The van der Waals surface area contributed by atoms with Crippen LogP contribution in [0.2, 0.25) is 5.02 Å². The number of carbonyl (C=O) groups is 1. The van der Waals surface area contributed by atoms with Crippen LogP contribution in [-0.4, -0.2) is 25.1 Å². The van der Waals surface area contributed by atoms with Crippen LogP contribution >= 0.6 is 11.6 Å². The maximum Gasteiger partial charge on any atom is 0.241 e. The minimum atomic E-state index is -3.75. The lowest BCUT2D eigenvalue weighted by atomic mass is 10.1. The molecule has 24 heavy (non-hydrogen) atoms. The van der Waals surface area contributed by atoms with Crippen molar-refractivity contribution < 1.29 is 13.2 Å². The predicted molar refractivity (Wildman–Crippen MR) is 93.9 cm³/mol. The van der Waals surface area contributed by atoms with Gasteiger partial charge in [-0.05, 0) is 35.0 Å². The van der Waals surface area contributed by atoms with Gasteiger partial charge in [0.25, 0.3) is 0 Å². The monoisotopic (exact) mass is 360 g/mol. The van der Waals surface area contributed by atoms with E-state index < -0.39 is 21.5 Å². The average Bonchev–Trinajstić information content (AvgIpc) is 2.56. The number of sulfone groups is 1. The van der Waals surface area contributed by atoms with E-state index in [0.717, 1.165) is 10.8 Å². The van der Waals surface area contributed by atoms with Crippen molar-refractivity contribution in [2.75, 3.05) is 11.1 Å². The number of pyridine rings is 1. The molecule has 0 aliphatic heterocycles. The van der Waals surface area contributed by atoms with Crippen LogP contribution in [-0.2, 0) is 14.6 Å². The molecule has 3 aromatic rings. The number of nitrogens with zero attached hydrogens (tertiary/aromatic N) is 1. The van der Waals surface area contributed by atoms with Crippen molar-refractivity contribution in [1.82, 2.24) is 4.98 Å². The summed E-state index contributed by atoms with van der Waals surface area (Å²) in [6, 6.07) is 15.3. The number of nitrogens with one attached hydrogen (secondary N) is 1. The molecule has 0 aliphatic carbocycles. The minimum Gasteiger partial charge on any atom is -0.310 e. The first-order valence-corrected chi connectivity index (χ1v) is 9.10. The van der Waals surface area contributed by atoms with E-state index >= 15 is 0 Å². The van der Waals surface area contributed by atoms with E-state index in [2.05, 4.69) is 10.3 Å². The van der Waals surface area contributed by atoms with Crippen LogP contribution in [0.5, 0.6) is 0 Å². The Morgan fingerprint density at radius 2 is 1.79 bits per heavy atom. The first-order chi connectivity index (χ1) is 11.4. The number of aromatic nitrogens is 1. The molecular weight excluding hydrogens is 348 g/mol. The Balaban J connectivity index is 1.79. The summed E-state index contributed by atoms with van der Waals surface area (Å²) in [6.45, 7) is 0. The van der Waals surface area contributed by atoms with Crippen molar-refractivity contribution in [2.24, 2.45) is 0 Å². The molecule has 0 atom stereocenters. The lowest BCUT2D eigenvalue weighted by molar-refractivity contribution is -0.113. The fraction of sp³-hybridized carbons (Fsp3) is 0.0588. The molecular formula is C17H13ClN2O3S. The highest BCUT2D eigenvalue weighted by molar-refractivity contribution is 7.92. The van der Waals surface area contributed by atoms with Gasteiger partial charge in [-0.2, -0.15) is 0 Å². The summed E-state index contributed by atoms with van der Waals surface area (Å²) in [5, 5.41) is 4.61.